The topological polar surface area (TPSA) is 30.9 Å². The van der Waals surface area contributed by atoms with E-state index in [9.17, 15) is 0 Å². The van der Waals surface area contributed by atoms with E-state index in [1.54, 1.807) is 0 Å². The van der Waals surface area contributed by atoms with Gasteiger partial charge in [-0.15, -0.1) is 30.6 Å². The van der Waals surface area contributed by atoms with Crippen LogP contribution in [0.1, 0.15) is 46.0 Å². The van der Waals surface area contributed by atoms with Gasteiger partial charge in [-0.25, -0.2) is 0 Å². The molecule has 1 atom stereocenters. The maximum Gasteiger partial charge on any atom is 0.193 e. The molecule has 1 rings (SSSR count). The van der Waals surface area contributed by atoms with Gasteiger partial charge in [-0.1, -0.05) is 13.0 Å². The first-order chi connectivity index (χ1) is 10.2. The lowest BCUT2D eigenvalue weighted by Crippen LogP contribution is -2.41. The van der Waals surface area contributed by atoms with Gasteiger partial charge in [0, 0.05) is 26.2 Å². The third kappa shape index (κ3) is 7.81. The first-order valence-electron chi connectivity index (χ1n) is 8.57. The second-order valence-electron chi connectivity index (χ2n) is 5.85. The molecule has 0 amide bonds. The maximum absolute atomic E-state index is 4.87. The molecule has 1 fully saturated rings. The molecule has 5 heteroatoms. The molecule has 1 N–H and O–H groups in total. The number of guanidine groups is 1. The molecular weight excluding hydrogens is 387 g/mol. The van der Waals surface area contributed by atoms with E-state index in [1.807, 2.05) is 6.08 Å². The van der Waals surface area contributed by atoms with Gasteiger partial charge in [-0.05, 0) is 52.1 Å². The minimum Gasteiger partial charge on any atom is -0.357 e. The van der Waals surface area contributed by atoms with Crippen LogP contribution in [-0.2, 0) is 0 Å². The Morgan fingerprint density at radius 2 is 2.05 bits per heavy atom. The van der Waals surface area contributed by atoms with Gasteiger partial charge in [0.1, 0.15) is 0 Å². The average Bonchev–Trinajstić information content (AvgIpc) is 3.01. The molecule has 1 aliphatic heterocycles. The summed E-state index contributed by atoms with van der Waals surface area (Å²) in [6.45, 7) is 13.5. The first kappa shape index (κ1) is 21.7. The lowest BCUT2D eigenvalue weighted by molar-refractivity contribution is 0.241. The van der Waals surface area contributed by atoms with E-state index in [2.05, 4.69) is 42.6 Å². The smallest absolute Gasteiger partial charge is 0.193 e. The van der Waals surface area contributed by atoms with Crippen molar-refractivity contribution >= 4 is 29.9 Å². The third-order valence-corrected chi connectivity index (χ3v) is 4.18. The van der Waals surface area contributed by atoms with E-state index in [-0.39, 0.29) is 24.0 Å². The third-order valence-electron chi connectivity index (χ3n) is 4.18. The number of rotatable bonds is 9. The number of halogens is 1. The summed E-state index contributed by atoms with van der Waals surface area (Å²) in [5.74, 6) is 1.04. The highest BCUT2D eigenvalue weighted by Gasteiger charge is 2.20. The highest BCUT2D eigenvalue weighted by atomic mass is 127. The van der Waals surface area contributed by atoms with Crippen molar-refractivity contribution < 1.29 is 0 Å². The molecule has 1 unspecified atom stereocenters. The quantitative estimate of drug-likeness (QED) is 0.203. The van der Waals surface area contributed by atoms with Gasteiger partial charge >= 0.3 is 0 Å². The van der Waals surface area contributed by atoms with Crippen LogP contribution in [-0.4, -0.2) is 61.6 Å². The summed E-state index contributed by atoms with van der Waals surface area (Å²) in [7, 11) is 2.13. The number of aliphatic imine (C=N–C) groups is 1. The Morgan fingerprint density at radius 1 is 1.36 bits per heavy atom. The zero-order valence-electron chi connectivity index (χ0n) is 14.7. The highest BCUT2D eigenvalue weighted by Crippen LogP contribution is 2.14. The van der Waals surface area contributed by atoms with Crippen molar-refractivity contribution in [2.45, 2.75) is 52.0 Å². The van der Waals surface area contributed by atoms with Crippen LogP contribution in [0.25, 0.3) is 0 Å². The van der Waals surface area contributed by atoms with E-state index >= 15 is 0 Å². The summed E-state index contributed by atoms with van der Waals surface area (Å²) in [6.07, 6.45) is 8.06. The lowest BCUT2D eigenvalue weighted by atomic mass is 10.2. The number of nitrogens with one attached hydrogen (secondary N) is 1. The van der Waals surface area contributed by atoms with E-state index in [0.717, 1.165) is 38.4 Å². The van der Waals surface area contributed by atoms with Gasteiger partial charge in [0.15, 0.2) is 5.96 Å². The fourth-order valence-corrected chi connectivity index (χ4v) is 2.85. The molecular formula is C17H35IN4. The van der Waals surface area contributed by atoms with Crippen molar-refractivity contribution in [3.05, 3.63) is 12.7 Å². The molecule has 4 nitrogen and oxygen atoms in total. The van der Waals surface area contributed by atoms with Gasteiger partial charge in [-0.2, -0.15) is 0 Å². The summed E-state index contributed by atoms with van der Waals surface area (Å²) in [6, 6.07) is 0.600. The summed E-state index contributed by atoms with van der Waals surface area (Å²) in [5.41, 5.74) is 0. The van der Waals surface area contributed by atoms with Crippen LogP contribution < -0.4 is 5.32 Å². The lowest BCUT2D eigenvalue weighted by Gasteiger charge is -2.27. The molecule has 22 heavy (non-hydrogen) atoms. The van der Waals surface area contributed by atoms with Crippen LogP contribution in [0.4, 0.5) is 0 Å². The Balaban J connectivity index is 0.00000441. The van der Waals surface area contributed by atoms with Crippen molar-refractivity contribution in [1.29, 1.82) is 0 Å². The molecule has 130 valence electrons. The summed E-state index contributed by atoms with van der Waals surface area (Å²) in [4.78, 5) is 9.71. The summed E-state index contributed by atoms with van der Waals surface area (Å²) < 4.78 is 0. The SMILES string of the molecule is C=CCCCN(C)C(=NCC(CC)N1CCCC1)NCC.I. The van der Waals surface area contributed by atoms with Crippen molar-refractivity contribution in [3.8, 4) is 0 Å². The number of unbranched alkanes of at least 4 members (excludes halogenated alkanes) is 1. The van der Waals surface area contributed by atoms with E-state index < -0.39 is 0 Å². The van der Waals surface area contributed by atoms with Gasteiger partial charge < -0.3 is 10.2 Å². The Bertz CT molecular complexity index is 314. The van der Waals surface area contributed by atoms with Crippen LogP contribution in [0.2, 0.25) is 0 Å². The zero-order valence-corrected chi connectivity index (χ0v) is 17.0. The Kier molecular flexibility index (Phi) is 13.0. The molecule has 0 aromatic heterocycles. The van der Waals surface area contributed by atoms with Crippen LogP contribution in [0.3, 0.4) is 0 Å². The van der Waals surface area contributed by atoms with Crippen molar-refractivity contribution in [2.24, 2.45) is 4.99 Å². The maximum atomic E-state index is 4.87. The molecule has 0 bridgehead atoms. The van der Waals surface area contributed by atoms with Gasteiger partial charge in [0.2, 0.25) is 0 Å². The van der Waals surface area contributed by atoms with Crippen LogP contribution in [0.15, 0.2) is 17.6 Å². The number of allylic oxidation sites excluding steroid dienone is 1. The Hall–Kier alpha value is -0.300. The molecule has 0 saturated carbocycles. The first-order valence-corrected chi connectivity index (χ1v) is 8.57. The minimum absolute atomic E-state index is 0. The van der Waals surface area contributed by atoms with E-state index in [0.29, 0.717) is 6.04 Å². The largest absolute Gasteiger partial charge is 0.357 e. The van der Waals surface area contributed by atoms with Gasteiger partial charge in [-0.3, -0.25) is 9.89 Å². The molecule has 1 heterocycles. The van der Waals surface area contributed by atoms with Gasteiger partial charge in [0.25, 0.3) is 0 Å². The number of nitrogens with zero attached hydrogens (tertiary/aromatic N) is 3. The van der Waals surface area contributed by atoms with E-state index in [4.69, 9.17) is 4.99 Å². The van der Waals surface area contributed by atoms with E-state index in [1.165, 1.54) is 32.4 Å². The van der Waals surface area contributed by atoms with Crippen molar-refractivity contribution in [1.82, 2.24) is 15.1 Å². The molecule has 0 spiro atoms. The monoisotopic (exact) mass is 422 g/mol. The molecule has 1 aliphatic rings. The predicted octanol–water partition coefficient (Wildman–Crippen LogP) is 3.34. The number of hydrogen-bond donors (Lipinski definition) is 1. The number of likely N-dealkylation sites (tertiary alicyclic amines) is 1. The fourth-order valence-electron chi connectivity index (χ4n) is 2.85. The standard InChI is InChI=1S/C17H34N4.HI/c1-5-8-9-12-20(4)17(18-7-3)19-15-16(6-2)21-13-10-11-14-21;/h5,16H,1,6-15H2,2-4H3,(H,18,19);1H. The van der Waals surface area contributed by atoms with Crippen LogP contribution >= 0.6 is 24.0 Å². The molecule has 0 radical (unpaired) electrons. The second-order valence-corrected chi connectivity index (χ2v) is 5.85. The highest BCUT2D eigenvalue weighted by molar-refractivity contribution is 14.0. The average molecular weight is 422 g/mol. The normalized spacial score (nSPS) is 17.0. The van der Waals surface area contributed by atoms with Crippen LogP contribution in [0, 0.1) is 0 Å². The van der Waals surface area contributed by atoms with Crippen molar-refractivity contribution in [3.63, 3.8) is 0 Å². The molecule has 1 saturated heterocycles. The predicted molar refractivity (Wildman–Crippen MR) is 108 cm³/mol. The zero-order chi connectivity index (χ0) is 15.5. The summed E-state index contributed by atoms with van der Waals surface area (Å²) in [5, 5.41) is 3.41. The Labute approximate surface area is 154 Å². The second kappa shape index (κ2) is 13.2. The summed E-state index contributed by atoms with van der Waals surface area (Å²) >= 11 is 0. The fraction of sp³-hybridized carbons (Fsp3) is 0.824. The molecule has 0 aliphatic carbocycles. The Morgan fingerprint density at radius 3 is 2.59 bits per heavy atom. The van der Waals surface area contributed by atoms with Gasteiger partial charge in [0.05, 0.1) is 6.54 Å². The molecule has 0 aromatic rings. The molecule has 0 aromatic carbocycles. The number of hydrogen-bond acceptors (Lipinski definition) is 2. The minimum atomic E-state index is 0. The van der Waals surface area contributed by atoms with Crippen LogP contribution in [0.5, 0.6) is 0 Å². The van der Waals surface area contributed by atoms with Crippen molar-refractivity contribution in [2.75, 3.05) is 39.8 Å².